The molecule has 2 aliphatic carbocycles. The van der Waals surface area contributed by atoms with Gasteiger partial charge in [0.15, 0.2) is 0 Å². The van der Waals surface area contributed by atoms with Gasteiger partial charge in [0.25, 0.3) is 0 Å². The van der Waals surface area contributed by atoms with E-state index in [1.807, 2.05) is 0 Å². The van der Waals surface area contributed by atoms with Gasteiger partial charge < -0.3 is 0 Å². The summed E-state index contributed by atoms with van der Waals surface area (Å²) in [5.74, 6) is 0. The van der Waals surface area contributed by atoms with Crippen molar-refractivity contribution in [1.29, 1.82) is 0 Å². The summed E-state index contributed by atoms with van der Waals surface area (Å²) in [6.45, 7) is 27.9. The largest absolute Gasteiger partial charge is 0.0717 e. The fourth-order valence-corrected chi connectivity index (χ4v) is 13.5. The first-order chi connectivity index (χ1) is 33.1. The molecule has 9 aromatic rings. The molecule has 0 heterocycles. The van der Waals surface area contributed by atoms with Crippen LogP contribution in [0.25, 0.3) is 43.8 Å². The maximum Gasteiger partial charge on any atom is 0.0717 e. The van der Waals surface area contributed by atoms with Gasteiger partial charge in [0.05, 0.1) is 10.8 Å². The summed E-state index contributed by atoms with van der Waals surface area (Å²) < 4.78 is 2.21. The Morgan fingerprint density at radius 1 is 0.300 bits per heavy atom. The Hall–Kier alpha value is -5.54. The number of hydrogen-bond donors (Lipinski definition) is 0. The highest BCUT2D eigenvalue weighted by Gasteiger charge is 2.56. The Balaban J connectivity index is 1.41. The second kappa shape index (κ2) is 16.0. The van der Waals surface area contributed by atoms with Crippen LogP contribution in [0.3, 0.4) is 0 Å². The number of rotatable bonds is 4. The fraction of sp³-hybridized carbons (Fsp3) is 0.265. The zero-order valence-corrected chi connectivity index (χ0v) is 46.1. The molecule has 0 saturated carbocycles. The van der Waals surface area contributed by atoms with Gasteiger partial charge in [-0.3, -0.25) is 0 Å². The van der Waals surface area contributed by atoms with Crippen molar-refractivity contribution >= 4 is 53.4 Å². The van der Waals surface area contributed by atoms with E-state index < -0.39 is 10.8 Å². The Labute approximate surface area is 433 Å². The van der Waals surface area contributed by atoms with Crippen molar-refractivity contribution in [3.63, 3.8) is 0 Å². The first-order valence-corrected chi connectivity index (χ1v) is 26.7. The average molecular weight is 1040 g/mol. The van der Waals surface area contributed by atoms with Crippen LogP contribution in [0.4, 0.5) is 0 Å². The quantitative estimate of drug-likeness (QED) is 0.165. The first kappa shape index (κ1) is 46.8. The van der Waals surface area contributed by atoms with Gasteiger partial charge >= 0.3 is 0 Å². The highest BCUT2D eigenvalue weighted by Crippen LogP contribution is 2.68. The standard InChI is InChI=1S/C68H64Br2/c1-63(2,3)41-21-29-45(30-22-41)67(46-31-23-42(24-32-46)64(4,5)6)55-39-57(69)49-17-13-15-19-51(49)59(55)53-37-38-54-60-52-20-16-14-18-50(52)58(70)40-56(60)68(62(54)61(53)67,47-33-25-43(26-34-47)65(7,8)9)48-35-27-44(28-36-48)66(10,11)12/h13-40H,1-12H3. The van der Waals surface area contributed by atoms with Crippen LogP contribution in [0.2, 0.25) is 0 Å². The van der Waals surface area contributed by atoms with Crippen molar-refractivity contribution < 1.29 is 0 Å². The maximum absolute atomic E-state index is 4.22. The molecule has 9 aromatic carbocycles. The minimum atomic E-state index is -0.744. The smallest absolute Gasteiger partial charge is 0.0616 e. The second-order valence-electron chi connectivity index (χ2n) is 24.4. The lowest BCUT2D eigenvalue weighted by atomic mass is 9.60. The zero-order chi connectivity index (χ0) is 49.5. The fourth-order valence-electron chi connectivity index (χ4n) is 12.3. The molecule has 0 spiro atoms. The van der Waals surface area contributed by atoms with Crippen LogP contribution in [0, 0.1) is 0 Å². The zero-order valence-electron chi connectivity index (χ0n) is 42.9. The van der Waals surface area contributed by atoms with E-state index in [9.17, 15) is 0 Å². The molecule has 0 atom stereocenters. The Kier molecular flexibility index (Phi) is 10.7. The van der Waals surface area contributed by atoms with Crippen molar-refractivity contribution in [3.05, 3.63) is 246 Å². The van der Waals surface area contributed by atoms with Crippen molar-refractivity contribution in [1.82, 2.24) is 0 Å². The molecule has 0 N–H and O–H groups in total. The van der Waals surface area contributed by atoms with Gasteiger partial charge in [-0.2, -0.15) is 0 Å². The number of benzene rings is 9. The summed E-state index contributed by atoms with van der Waals surface area (Å²) in [5.41, 5.74) is 19.3. The molecule has 2 heteroatoms. The molecule has 11 rings (SSSR count). The van der Waals surface area contributed by atoms with E-state index in [1.54, 1.807) is 0 Å². The highest BCUT2D eigenvalue weighted by molar-refractivity contribution is 9.11. The monoisotopic (exact) mass is 1040 g/mol. The molecular weight excluding hydrogens is 977 g/mol. The topological polar surface area (TPSA) is 0 Å². The second-order valence-corrected chi connectivity index (χ2v) is 26.1. The molecule has 0 nitrogen and oxygen atoms in total. The summed E-state index contributed by atoms with van der Waals surface area (Å²) in [5, 5.41) is 4.95. The third-order valence-corrected chi connectivity index (χ3v) is 17.3. The molecule has 0 radical (unpaired) electrons. The van der Waals surface area contributed by atoms with Gasteiger partial charge in [0, 0.05) is 8.95 Å². The van der Waals surface area contributed by atoms with Gasteiger partial charge in [-0.05, 0) is 144 Å². The van der Waals surface area contributed by atoms with E-state index in [1.165, 1.54) is 111 Å². The summed E-state index contributed by atoms with van der Waals surface area (Å²) >= 11 is 8.45. The minimum absolute atomic E-state index is 0.0182. The molecule has 0 fully saturated rings. The highest BCUT2D eigenvalue weighted by atomic mass is 79.9. The minimum Gasteiger partial charge on any atom is -0.0616 e. The molecule has 0 bridgehead atoms. The molecule has 0 aromatic heterocycles. The molecule has 70 heavy (non-hydrogen) atoms. The SMILES string of the molecule is CC(C)(C)c1ccc(C2(c3ccc(C(C)(C)C)cc3)c3cc(Br)c4ccccc4c3-c3ccc4c(c32)C(c2ccc(C(C)(C)C)cc2)(c2ccc(C(C)(C)C)cc2)c2cc(Br)c3ccccc3c2-4)cc1. The van der Waals surface area contributed by atoms with E-state index in [-0.39, 0.29) is 21.7 Å². The number of halogens is 2. The van der Waals surface area contributed by atoms with Gasteiger partial charge in [0.1, 0.15) is 0 Å². The lowest BCUT2D eigenvalue weighted by Gasteiger charge is -2.41. The van der Waals surface area contributed by atoms with E-state index in [0.29, 0.717) is 0 Å². The normalized spacial score (nSPS) is 14.9. The summed E-state index contributed by atoms with van der Waals surface area (Å²) in [7, 11) is 0. The molecule has 0 aliphatic heterocycles. The van der Waals surface area contributed by atoms with Crippen LogP contribution >= 0.6 is 31.9 Å². The van der Waals surface area contributed by atoms with Crippen LogP contribution in [-0.2, 0) is 32.5 Å². The molecule has 2 aliphatic rings. The summed E-state index contributed by atoms with van der Waals surface area (Å²) in [4.78, 5) is 0. The van der Waals surface area contributed by atoms with Gasteiger partial charge in [-0.15, -0.1) is 0 Å². The third kappa shape index (κ3) is 6.86. The van der Waals surface area contributed by atoms with Crippen LogP contribution in [-0.4, -0.2) is 0 Å². The van der Waals surface area contributed by atoms with E-state index in [4.69, 9.17) is 0 Å². The summed E-state index contributed by atoms with van der Waals surface area (Å²) in [6, 6.07) is 66.9. The first-order valence-electron chi connectivity index (χ1n) is 25.1. The van der Waals surface area contributed by atoms with Crippen molar-refractivity contribution in [3.8, 4) is 22.3 Å². The van der Waals surface area contributed by atoms with Crippen LogP contribution in [0.15, 0.2) is 179 Å². The van der Waals surface area contributed by atoms with E-state index in [0.717, 1.165) is 8.95 Å². The third-order valence-electron chi connectivity index (χ3n) is 16.0. The van der Waals surface area contributed by atoms with Crippen molar-refractivity contribution in [2.45, 2.75) is 116 Å². The Bertz CT molecular complexity index is 3190. The predicted octanol–water partition coefficient (Wildman–Crippen LogP) is 19.4. The van der Waals surface area contributed by atoms with Crippen LogP contribution < -0.4 is 0 Å². The number of hydrogen-bond acceptors (Lipinski definition) is 0. The Morgan fingerprint density at radius 2 is 0.543 bits per heavy atom. The molecule has 0 saturated heterocycles. The lowest BCUT2D eigenvalue weighted by Crippen LogP contribution is -2.36. The van der Waals surface area contributed by atoms with E-state index >= 15 is 0 Å². The molecular formula is C68H64Br2. The average Bonchev–Trinajstić information content (AvgIpc) is 3.79. The van der Waals surface area contributed by atoms with Crippen molar-refractivity contribution in [2.24, 2.45) is 0 Å². The van der Waals surface area contributed by atoms with Gasteiger partial charge in [-0.1, -0.05) is 273 Å². The lowest BCUT2D eigenvalue weighted by molar-refractivity contribution is 0.587. The molecule has 350 valence electrons. The van der Waals surface area contributed by atoms with Gasteiger partial charge in [0.2, 0.25) is 0 Å². The summed E-state index contributed by atoms with van der Waals surface area (Å²) in [6.07, 6.45) is 0. The van der Waals surface area contributed by atoms with E-state index in [2.05, 4.69) is 285 Å². The predicted molar refractivity (Wildman–Crippen MR) is 306 cm³/mol. The number of fused-ring (bicyclic) bond motifs is 11. The van der Waals surface area contributed by atoms with Crippen LogP contribution in [0.5, 0.6) is 0 Å². The van der Waals surface area contributed by atoms with Gasteiger partial charge in [-0.25, -0.2) is 0 Å². The maximum atomic E-state index is 4.22. The Morgan fingerprint density at radius 3 is 0.786 bits per heavy atom. The van der Waals surface area contributed by atoms with Crippen LogP contribution in [0.1, 0.15) is 150 Å². The molecule has 0 amide bonds. The molecule has 0 unspecified atom stereocenters. The van der Waals surface area contributed by atoms with Crippen molar-refractivity contribution in [2.75, 3.05) is 0 Å².